The summed E-state index contributed by atoms with van der Waals surface area (Å²) in [6, 6.07) is 15.6. The van der Waals surface area contributed by atoms with Crippen LogP contribution in [0.5, 0.6) is 0 Å². The molecule has 0 spiro atoms. The van der Waals surface area contributed by atoms with Crippen LogP contribution in [0.25, 0.3) is 10.2 Å². The Morgan fingerprint density at radius 3 is 2.50 bits per heavy atom. The lowest BCUT2D eigenvalue weighted by molar-refractivity contribution is 0.0851. The third-order valence-corrected chi connectivity index (χ3v) is 5.16. The van der Waals surface area contributed by atoms with Crippen molar-refractivity contribution in [2.75, 3.05) is 6.54 Å². The summed E-state index contributed by atoms with van der Waals surface area (Å²) >= 11 is 1.32. The van der Waals surface area contributed by atoms with Crippen LogP contribution >= 0.6 is 11.3 Å². The Kier molecular flexibility index (Phi) is 6.33. The molecule has 1 aromatic heterocycles. The number of aliphatic imine (C=N–C) groups is 1. The van der Waals surface area contributed by atoms with Crippen molar-refractivity contribution in [1.82, 2.24) is 10.3 Å². The number of carbonyl (C=O) groups excluding carboxylic acids is 2. The third kappa shape index (κ3) is 4.92. The minimum absolute atomic E-state index is 0.00220. The maximum absolute atomic E-state index is 13.1. The first-order chi connectivity index (χ1) is 13.5. The smallest absolute Gasteiger partial charge is 0.251 e. The monoisotopic (exact) mass is 395 g/mol. The van der Waals surface area contributed by atoms with E-state index in [0.29, 0.717) is 30.0 Å². The summed E-state index contributed by atoms with van der Waals surface area (Å²) in [5, 5.41) is 3.21. The van der Waals surface area contributed by atoms with Gasteiger partial charge in [0.05, 0.1) is 16.3 Å². The highest BCUT2D eigenvalue weighted by molar-refractivity contribution is 7.20. The molecule has 0 radical (unpaired) electrons. The Balaban J connectivity index is 1.78. The van der Waals surface area contributed by atoms with Gasteiger partial charge in [0.2, 0.25) is 5.78 Å². The van der Waals surface area contributed by atoms with Crippen LogP contribution in [0.3, 0.4) is 0 Å². The molecule has 5 N–H and O–H groups in total. The molecule has 0 aliphatic rings. The number of Topliss-reactive ketones (excluding diaryl/α,β-unsaturated/α-hetero) is 1. The zero-order valence-electron chi connectivity index (χ0n) is 15.2. The Bertz CT molecular complexity index is 963. The summed E-state index contributed by atoms with van der Waals surface area (Å²) < 4.78 is 0.930. The summed E-state index contributed by atoms with van der Waals surface area (Å²) in [6.45, 7) is 0.382. The highest BCUT2D eigenvalue weighted by atomic mass is 32.1. The van der Waals surface area contributed by atoms with Gasteiger partial charge in [0.25, 0.3) is 5.91 Å². The summed E-state index contributed by atoms with van der Waals surface area (Å²) in [7, 11) is 0. The molecule has 0 aliphatic heterocycles. The van der Waals surface area contributed by atoms with Crippen LogP contribution in [0.2, 0.25) is 0 Å². The Morgan fingerprint density at radius 2 is 1.79 bits per heavy atom. The first-order valence-corrected chi connectivity index (χ1v) is 9.67. The van der Waals surface area contributed by atoms with Gasteiger partial charge in [0.1, 0.15) is 0 Å². The number of nitrogens with one attached hydrogen (secondary N) is 1. The Hall–Kier alpha value is -3.26. The Labute approximate surface area is 166 Å². The van der Waals surface area contributed by atoms with Crippen molar-refractivity contribution in [2.45, 2.75) is 18.9 Å². The molecule has 0 saturated carbocycles. The number of para-hydroxylation sites is 1. The summed E-state index contributed by atoms with van der Waals surface area (Å²) in [5.41, 5.74) is 11.9. The van der Waals surface area contributed by atoms with E-state index in [1.165, 1.54) is 11.3 Å². The highest BCUT2D eigenvalue weighted by Crippen LogP contribution is 2.23. The standard InChI is InChI=1S/C20H21N5O2S/c21-20(22)23-12-6-10-15(24-18(27)13-7-2-1-3-8-13)17(26)19-25-14-9-4-5-11-16(14)28-19/h1-5,7-9,11,15H,6,10,12H2,(H,24,27)(H4,21,22,23). The van der Waals surface area contributed by atoms with Crippen LogP contribution in [0.4, 0.5) is 0 Å². The summed E-state index contributed by atoms with van der Waals surface area (Å²) in [4.78, 5) is 34.0. The predicted octanol–water partition coefficient (Wildman–Crippen LogP) is 2.33. The molecule has 7 nitrogen and oxygen atoms in total. The molecule has 3 rings (SSSR count). The number of hydrogen-bond acceptors (Lipinski definition) is 5. The minimum Gasteiger partial charge on any atom is -0.370 e. The van der Waals surface area contributed by atoms with Gasteiger partial charge in [-0.05, 0) is 37.1 Å². The number of benzene rings is 2. The second kappa shape index (κ2) is 9.09. The van der Waals surface area contributed by atoms with Crippen LogP contribution < -0.4 is 16.8 Å². The van der Waals surface area contributed by atoms with E-state index in [9.17, 15) is 9.59 Å². The van der Waals surface area contributed by atoms with Crippen LogP contribution in [-0.2, 0) is 0 Å². The van der Waals surface area contributed by atoms with Gasteiger partial charge >= 0.3 is 0 Å². The van der Waals surface area contributed by atoms with E-state index in [1.54, 1.807) is 24.3 Å². The average Bonchev–Trinajstić information content (AvgIpc) is 3.14. The number of hydrogen-bond donors (Lipinski definition) is 3. The number of thiazole rings is 1. The van der Waals surface area contributed by atoms with Crippen molar-refractivity contribution in [1.29, 1.82) is 0 Å². The molecule has 8 heteroatoms. The zero-order chi connectivity index (χ0) is 19.9. The lowest BCUT2D eigenvalue weighted by atomic mass is 10.1. The van der Waals surface area contributed by atoms with Gasteiger partial charge in [-0.25, -0.2) is 4.98 Å². The molecule has 1 atom stereocenters. The number of aromatic nitrogens is 1. The molecule has 0 saturated heterocycles. The molecule has 1 unspecified atom stereocenters. The van der Waals surface area contributed by atoms with E-state index < -0.39 is 6.04 Å². The van der Waals surface area contributed by atoms with Crippen molar-refractivity contribution in [3.05, 3.63) is 65.2 Å². The van der Waals surface area contributed by atoms with Crippen molar-refractivity contribution < 1.29 is 9.59 Å². The number of guanidine groups is 1. The predicted molar refractivity (Wildman–Crippen MR) is 112 cm³/mol. The van der Waals surface area contributed by atoms with Crippen LogP contribution in [-0.4, -0.2) is 35.2 Å². The van der Waals surface area contributed by atoms with Crippen molar-refractivity contribution in [3.63, 3.8) is 0 Å². The van der Waals surface area contributed by atoms with Crippen LogP contribution in [0.1, 0.15) is 33.0 Å². The summed E-state index contributed by atoms with van der Waals surface area (Å²) in [6.07, 6.45) is 0.957. The van der Waals surface area contributed by atoms with E-state index in [4.69, 9.17) is 11.5 Å². The average molecular weight is 395 g/mol. The fourth-order valence-corrected chi connectivity index (χ4v) is 3.69. The van der Waals surface area contributed by atoms with Crippen molar-refractivity contribution >= 4 is 39.2 Å². The largest absolute Gasteiger partial charge is 0.370 e. The van der Waals surface area contributed by atoms with E-state index in [2.05, 4.69) is 15.3 Å². The molecule has 3 aromatic rings. The number of fused-ring (bicyclic) bond motifs is 1. The minimum atomic E-state index is -0.706. The number of nitrogens with two attached hydrogens (primary N) is 2. The van der Waals surface area contributed by atoms with Crippen molar-refractivity contribution in [2.24, 2.45) is 16.5 Å². The molecule has 2 aromatic carbocycles. The number of ketones is 1. The lowest BCUT2D eigenvalue weighted by Gasteiger charge is -2.16. The van der Waals surface area contributed by atoms with Crippen molar-refractivity contribution in [3.8, 4) is 0 Å². The van der Waals surface area contributed by atoms with E-state index in [0.717, 1.165) is 10.2 Å². The molecular formula is C20H21N5O2S. The molecular weight excluding hydrogens is 374 g/mol. The lowest BCUT2D eigenvalue weighted by Crippen LogP contribution is -2.41. The van der Waals surface area contributed by atoms with Gasteiger partial charge in [0.15, 0.2) is 11.0 Å². The molecule has 28 heavy (non-hydrogen) atoms. The highest BCUT2D eigenvalue weighted by Gasteiger charge is 2.25. The molecule has 0 bridgehead atoms. The first kappa shape index (κ1) is 19.5. The second-order valence-electron chi connectivity index (χ2n) is 6.19. The van der Waals surface area contributed by atoms with Gasteiger partial charge in [-0.1, -0.05) is 30.3 Å². The quantitative estimate of drug-likeness (QED) is 0.234. The zero-order valence-corrected chi connectivity index (χ0v) is 16.0. The molecule has 144 valence electrons. The van der Waals surface area contributed by atoms with Gasteiger partial charge in [-0.2, -0.15) is 0 Å². The van der Waals surface area contributed by atoms with Crippen LogP contribution in [0.15, 0.2) is 59.6 Å². The molecule has 0 aliphatic carbocycles. The van der Waals surface area contributed by atoms with E-state index in [1.807, 2.05) is 30.3 Å². The number of amides is 1. The maximum atomic E-state index is 13.1. The SMILES string of the molecule is NC(N)=NCCCC(NC(=O)c1ccccc1)C(=O)c1nc2ccccc2s1. The fourth-order valence-electron chi connectivity index (χ4n) is 2.73. The number of nitrogens with zero attached hydrogens (tertiary/aromatic N) is 2. The molecule has 1 amide bonds. The molecule has 0 fully saturated rings. The van der Waals surface area contributed by atoms with Crippen LogP contribution in [0, 0.1) is 0 Å². The van der Waals surface area contributed by atoms with E-state index in [-0.39, 0.29) is 17.6 Å². The maximum Gasteiger partial charge on any atom is 0.251 e. The Morgan fingerprint density at radius 1 is 1.07 bits per heavy atom. The van der Waals surface area contributed by atoms with Gasteiger partial charge in [-0.15, -0.1) is 11.3 Å². The van der Waals surface area contributed by atoms with Gasteiger partial charge < -0.3 is 16.8 Å². The number of carbonyl (C=O) groups is 2. The summed E-state index contributed by atoms with van der Waals surface area (Å²) in [5.74, 6) is -0.514. The topological polar surface area (TPSA) is 123 Å². The normalized spacial score (nSPS) is 11.7. The van der Waals surface area contributed by atoms with E-state index >= 15 is 0 Å². The first-order valence-electron chi connectivity index (χ1n) is 8.85. The fraction of sp³-hybridized carbons (Fsp3) is 0.200. The van der Waals surface area contributed by atoms with Gasteiger partial charge in [-0.3, -0.25) is 14.6 Å². The molecule has 1 heterocycles. The third-order valence-electron chi connectivity index (χ3n) is 4.11. The van der Waals surface area contributed by atoms with Gasteiger partial charge in [0, 0.05) is 12.1 Å². The second-order valence-corrected chi connectivity index (χ2v) is 7.22. The number of rotatable bonds is 8.